The van der Waals surface area contributed by atoms with Gasteiger partial charge in [0.15, 0.2) is 12.5 Å². The minimum Gasteiger partial charge on any atom is -0.380 e. The number of rotatable bonds is 21. The van der Waals surface area contributed by atoms with Crippen molar-refractivity contribution in [1.82, 2.24) is 0 Å². The largest absolute Gasteiger partial charge is 0.380 e. The molecule has 43 heavy (non-hydrogen) atoms. The summed E-state index contributed by atoms with van der Waals surface area (Å²) in [5, 5.41) is 0. The van der Waals surface area contributed by atoms with E-state index in [-0.39, 0.29) is 29.0 Å². The number of hydrogen-bond acceptors (Lipinski definition) is 6. The maximum atomic E-state index is 14.0. The van der Waals surface area contributed by atoms with Gasteiger partial charge in [0.1, 0.15) is 5.54 Å². The number of nitrogens with zero attached hydrogens (tertiary/aromatic N) is 1. The smallest absolute Gasteiger partial charge is 0.313 e. The van der Waals surface area contributed by atoms with Crippen molar-refractivity contribution in [2.24, 2.45) is 11.3 Å². The van der Waals surface area contributed by atoms with Crippen LogP contribution in [0.15, 0.2) is 47.6 Å². The first-order valence-electron chi connectivity index (χ1n) is 16.1. The third-order valence-electron chi connectivity index (χ3n) is 8.73. The van der Waals surface area contributed by atoms with Crippen LogP contribution in [0.1, 0.15) is 93.4 Å². The second-order valence-electron chi connectivity index (χ2n) is 13.2. The van der Waals surface area contributed by atoms with Gasteiger partial charge in [-0.3, -0.25) is 4.79 Å². The van der Waals surface area contributed by atoms with Crippen LogP contribution in [0.3, 0.4) is 0 Å². The molecule has 7 nitrogen and oxygen atoms in total. The Labute approximate surface area is 262 Å². The van der Waals surface area contributed by atoms with E-state index in [9.17, 15) is 9.59 Å². The van der Waals surface area contributed by atoms with Crippen LogP contribution in [0.4, 0.5) is 0 Å². The average Bonchev–Trinajstić information content (AvgIpc) is 2.99. The first-order valence-corrected chi connectivity index (χ1v) is 16.1. The van der Waals surface area contributed by atoms with Gasteiger partial charge in [0, 0.05) is 32.7 Å². The van der Waals surface area contributed by atoms with E-state index in [4.69, 9.17) is 18.9 Å². The quantitative estimate of drug-likeness (QED) is 0.0590. The van der Waals surface area contributed by atoms with Gasteiger partial charge in [0.25, 0.3) is 0 Å². The van der Waals surface area contributed by atoms with Gasteiger partial charge in [-0.15, -0.1) is 0 Å². The molecule has 3 atom stereocenters. The van der Waals surface area contributed by atoms with Gasteiger partial charge in [-0.1, -0.05) is 51.2 Å². The molecular weight excluding hydrogens is 542 g/mol. The minimum absolute atomic E-state index is 0.0128. The normalized spacial score (nSPS) is 22.6. The fourth-order valence-electron chi connectivity index (χ4n) is 6.77. The van der Waals surface area contributed by atoms with Crippen LogP contribution >= 0.6 is 0 Å². The summed E-state index contributed by atoms with van der Waals surface area (Å²) in [6.45, 7) is 21.0. The molecule has 1 amide bonds. The summed E-state index contributed by atoms with van der Waals surface area (Å²) < 4.78 is 22.7. The summed E-state index contributed by atoms with van der Waals surface area (Å²) in [6.07, 6.45) is 13.3. The van der Waals surface area contributed by atoms with Crippen molar-refractivity contribution in [3.05, 3.63) is 47.6 Å². The van der Waals surface area contributed by atoms with E-state index < -0.39 is 11.0 Å². The van der Waals surface area contributed by atoms with Crippen LogP contribution in [0, 0.1) is 11.3 Å². The molecule has 0 heterocycles. The number of hydrogen-bond donors (Lipinski definition) is 0. The van der Waals surface area contributed by atoms with Gasteiger partial charge in [0.05, 0.1) is 39.9 Å². The van der Waals surface area contributed by atoms with Crippen molar-refractivity contribution in [2.45, 2.75) is 105 Å². The highest BCUT2D eigenvalue weighted by Gasteiger charge is 2.63. The summed E-state index contributed by atoms with van der Waals surface area (Å²) in [5.41, 5.74) is 1.41. The van der Waals surface area contributed by atoms with E-state index in [0.29, 0.717) is 45.2 Å². The molecular formula is C36H62NO6+. The molecule has 0 fully saturated rings. The van der Waals surface area contributed by atoms with Gasteiger partial charge in [-0.05, 0) is 82.4 Å². The number of ether oxygens (including phenoxy) is 4. The highest BCUT2D eigenvalue weighted by Crippen LogP contribution is 2.56. The van der Waals surface area contributed by atoms with Crippen LogP contribution in [-0.4, -0.2) is 82.2 Å². The van der Waals surface area contributed by atoms with Gasteiger partial charge in [-0.25, -0.2) is 9.28 Å². The molecule has 0 bridgehead atoms. The predicted octanol–water partition coefficient (Wildman–Crippen LogP) is 7.37. The molecule has 0 aromatic rings. The number of carbonyl (C=O) groups excluding carboxylic acids is 2. The van der Waals surface area contributed by atoms with Gasteiger partial charge >= 0.3 is 5.91 Å². The lowest BCUT2D eigenvalue weighted by molar-refractivity contribution is -0.908. The molecule has 3 unspecified atom stereocenters. The SMILES string of the molecule is C=C(COC)CC1(C)C=C(CCCOCC=CCOC(C)C)C(=O)C=C(CCC(C)C)C1(CCC)[N+](C)(COC)C(C)=O. The van der Waals surface area contributed by atoms with Crippen molar-refractivity contribution in [3.63, 3.8) is 0 Å². The van der Waals surface area contributed by atoms with Crippen molar-refractivity contribution >= 4 is 11.7 Å². The van der Waals surface area contributed by atoms with Crippen molar-refractivity contribution in [1.29, 1.82) is 0 Å². The molecule has 7 heteroatoms. The Morgan fingerprint density at radius 1 is 1.09 bits per heavy atom. The van der Waals surface area contributed by atoms with Gasteiger partial charge in [-0.2, -0.15) is 0 Å². The fraction of sp³-hybridized carbons (Fsp3) is 0.722. The third-order valence-corrected chi connectivity index (χ3v) is 8.73. The zero-order valence-corrected chi connectivity index (χ0v) is 29.1. The fourth-order valence-corrected chi connectivity index (χ4v) is 6.77. The summed E-state index contributed by atoms with van der Waals surface area (Å²) in [4.78, 5) is 27.8. The second-order valence-corrected chi connectivity index (χ2v) is 13.2. The monoisotopic (exact) mass is 604 g/mol. The zero-order chi connectivity index (χ0) is 32.7. The van der Waals surface area contributed by atoms with E-state index in [2.05, 4.69) is 40.3 Å². The van der Waals surface area contributed by atoms with Crippen LogP contribution in [0.25, 0.3) is 0 Å². The molecule has 0 aliphatic heterocycles. The minimum atomic E-state index is -0.716. The molecule has 0 radical (unpaired) electrons. The molecule has 0 spiro atoms. The van der Waals surface area contributed by atoms with Crippen LogP contribution in [0.5, 0.6) is 0 Å². The Kier molecular flexibility index (Phi) is 17.1. The highest BCUT2D eigenvalue weighted by molar-refractivity contribution is 6.05. The third kappa shape index (κ3) is 10.6. The van der Waals surface area contributed by atoms with Crippen molar-refractivity contribution < 1.29 is 33.0 Å². The molecule has 0 aromatic heterocycles. The molecule has 0 saturated carbocycles. The van der Waals surface area contributed by atoms with E-state index in [1.54, 1.807) is 21.1 Å². The zero-order valence-electron chi connectivity index (χ0n) is 29.1. The number of amides is 1. The summed E-state index contributed by atoms with van der Waals surface area (Å²) in [7, 11) is 5.30. The molecule has 1 aliphatic carbocycles. The van der Waals surface area contributed by atoms with E-state index >= 15 is 0 Å². The van der Waals surface area contributed by atoms with Crippen LogP contribution in [0.2, 0.25) is 0 Å². The molecule has 1 rings (SSSR count). The van der Waals surface area contributed by atoms with Crippen LogP contribution < -0.4 is 0 Å². The van der Waals surface area contributed by atoms with E-state index in [0.717, 1.165) is 48.8 Å². The molecule has 0 aromatic carbocycles. The molecule has 0 N–H and O–H groups in total. The maximum absolute atomic E-state index is 14.0. The lowest BCUT2D eigenvalue weighted by Crippen LogP contribution is -2.72. The Bertz CT molecular complexity index is 996. The number of likely N-dealkylation sites (N-methyl/N-ethyl adjacent to an activating group) is 1. The number of quaternary nitrogens is 1. The first-order chi connectivity index (χ1) is 20.2. The standard InChI is InChI=1S/C36H62NO6/c1-12-19-36(37(9,27-41-11)31(7)38)33(18-17-28(2)3)23-34(39)32(25-35(36,8)24-30(6)26-40-10)16-15-21-42-20-13-14-22-43-29(4)5/h13-14,23,25,28-29H,6,12,15-22,24,26-27H2,1-5,7-11H3/q+1. The predicted molar refractivity (Wildman–Crippen MR) is 176 cm³/mol. The lowest BCUT2D eigenvalue weighted by Gasteiger charge is -2.57. The topological polar surface area (TPSA) is 71.1 Å². The number of carbonyl (C=O) groups is 2. The van der Waals surface area contributed by atoms with Crippen molar-refractivity contribution in [2.75, 3.05) is 54.4 Å². The average molecular weight is 605 g/mol. The van der Waals surface area contributed by atoms with Crippen molar-refractivity contribution in [3.8, 4) is 0 Å². The highest BCUT2D eigenvalue weighted by atomic mass is 16.5. The first kappa shape index (κ1) is 39.1. The van der Waals surface area contributed by atoms with E-state index in [1.165, 1.54) is 0 Å². The number of allylic oxidation sites excluding steroid dienone is 2. The molecule has 0 saturated heterocycles. The van der Waals surface area contributed by atoms with E-state index in [1.807, 2.05) is 39.1 Å². The number of ketones is 1. The Morgan fingerprint density at radius 3 is 2.33 bits per heavy atom. The van der Waals surface area contributed by atoms with Crippen LogP contribution in [-0.2, 0) is 28.5 Å². The summed E-state index contributed by atoms with van der Waals surface area (Å²) in [6, 6.07) is 0. The Balaban J connectivity index is 3.65. The molecule has 1 aliphatic rings. The summed E-state index contributed by atoms with van der Waals surface area (Å²) >= 11 is 0. The second kappa shape index (κ2) is 18.8. The summed E-state index contributed by atoms with van der Waals surface area (Å²) in [5.74, 6) is 0.486. The lowest BCUT2D eigenvalue weighted by atomic mass is 9.59. The Hall–Kier alpha value is -1.90. The van der Waals surface area contributed by atoms with Gasteiger partial charge in [0.2, 0.25) is 0 Å². The van der Waals surface area contributed by atoms with Gasteiger partial charge < -0.3 is 18.9 Å². The number of methoxy groups -OCH3 is 2. The molecule has 246 valence electrons. The maximum Gasteiger partial charge on any atom is 0.313 e. The Morgan fingerprint density at radius 2 is 1.77 bits per heavy atom.